The lowest BCUT2D eigenvalue weighted by molar-refractivity contribution is -0.118. The third kappa shape index (κ3) is 3.87. The van der Waals surface area contributed by atoms with Crippen LogP contribution in [0.25, 0.3) is 0 Å². The van der Waals surface area contributed by atoms with Gasteiger partial charge in [0.15, 0.2) is 5.82 Å². The maximum Gasteiger partial charge on any atom is 0.240 e. The number of nitrogens with zero attached hydrogens (tertiary/aromatic N) is 4. The molecule has 30 heavy (non-hydrogen) atoms. The summed E-state index contributed by atoms with van der Waals surface area (Å²) in [4.78, 5) is 15.1. The van der Waals surface area contributed by atoms with Gasteiger partial charge in [-0.15, -0.1) is 10.2 Å². The van der Waals surface area contributed by atoms with Crippen molar-refractivity contribution in [3.63, 3.8) is 0 Å². The van der Waals surface area contributed by atoms with Crippen molar-refractivity contribution < 1.29 is 9.53 Å². The number of nitrogens with two attached hydrogens (primary N) is 1. The number of benzene rings is 2. The van der Waals surface area contributed by atoms with Gasteiger partial charge in [0.05, 0.1) is 12.4 Å². The monoisotopic (exact) mass is 423 g/mol. The molecule has 0 bridgehead atoms. The van der Waals surface area contributed by atoms with Gasteiger partial charge in [0.1, 0.15) is 5.75 Å². The number of methoxy groups -OCH3 is 1. The highest BCUT2D eigenvalue weighted by molar-refractivity contribution is 8.00. The number of aromatic nitrogens is 3. The molecule has 2 heterocycles. The molecule has 0 saturated heterocycles. The summed E-state index contributed by atoms with van der Waals surface area (Å²) in [5.74, 6) is 7.73. The summed E-state index contributed by atoms with van der Waals surface area (Å²) in [6.07, 6.45) is 1.42. The van der Waals surface area contributed by atoms with E-state index in [1.165, 1.54) is 22.0 Å². The normalized spacial score (nSPS) is 16.4. The van der Waals surface area contributed by atoms with Crippen molar-refractivity contribution in [3.05, 3.63) is 65.5 Å². The Bertz CT molecular complexity index is 1050. The van der Waals surface area contributed by atoms with Crippen LogP contribution in [0, 0.1) is 0 Å². The second kappa shape index (κ2) is 8.39. The number of fused-ring (bicyclic) bond motifs is 1. The highest BCUT2D eigenvalue weighted by Crippen LogP contribution is 2.34. The van der Waals surface area contributed by atoms with Crippen molar-refractivity contribution in [2.24, 2.45) is 0 Å². The number of para-hydroxylation sites is 1. The predicted molar refractivity (Wildman–Crippen MR) is 118 cm³/mol. The van der Waals surface area contributed by atoms with Gasteiger partial charge in [-0.05, 0) is 49.6 Å². The number of carbonyl (C=O) groups excluding carboxylic acids is 1. The number of hydrogen-bond donors (Lipinski definition) is 1. The summed E-state index contributed by atoms with van der Waals surface area (Å²) in [6.45, 7) is 3.96. The molecule has 8 heteroatoms. The van der Waals surface area contributed by atoms with Gasteiger partial charge in [0, 0.05) is 18.2 Å². The second-order valence-electron chi connectivity index (χ2n) is 7.44. The summed E-state index contributed by atoms with van der Waals surface area (Å²) in [7, 11) is 1.64. The van der Waals surface area contributed by atoms with Gasteiger partial charge >= 0.3 is 0 Å². The van der Waals surface area contributed by atoms with E-state index in [0.717, 1.165) is 23.4 Å². The molecular weight excluding hydrogens is 398 g/mol. The van der Waals surface area contributed by atoms with Gasteiger partial charge < -0.3 is 15.5 Å². The standard InChI is InChI=1S/C22H25N5O2S/c1-14-12-17-6-4-5-7-19(17)26(14)21(28)15(2)30-22-25-24-20(27(22)23)13-16-8-10-18(29-3)11-9-16/h4-11,14-15H,12-13,23H2,1-3H3/t14-,15+/m0/s1. The quantitative estimate of drug-likeness (QED) is 0.484. The van der Waals surface area contributed by atoms with Gasteiger partial charge in [0.2, 0.25) is 11.1 Å². The lowest BCUT2D eigenvalue weighted by Crippen LogP contribution is -2.40. The minimum atomic E-state index is -0.334. The van der Waals surface area contributed by atoms with Crippen LogP contribution in [0.15, 0.2) is 53.7 Å². The Hall–Kier alpha value is -3.00. The number of nitrogen functional groups attached to an aromatic ring is 1. The Labute approximate surface area is 180 Å². The third-order valence-electron chi connectivity index (χ3n) is 5.33. The van der Waals surface area contributed by atoms with Gasteiger partial charge in [0.25, 0.3) is 0 Å². The molecule has 3 aromatic rings. The van der Waals surface area contributed by atoms with Gasteiger partial charge in [-0.2, -0.15) is 0 Å². The first-order valence-electron chi connectivity index (χ1n) is 9.88. The first kappa shape index (κ1) is 20.3. The summed E-state index contributed by atoms with van der Waals surface area (Å²) in [6, 6.07) is 16.0. The molecule has 4 rings (SSSR count). The molecule has 0 saturated carbocycles. The van der Waals surface area contributed by atoms with E-state index in [1.54, 1.807) is 7.11 Å². The molecule has 1 amide bonds. The fourth-order valence-corrected chi connectivity index (χ4v) is 4.58. The van der Waals surface area contributed by atoms with E-state index in [1.807, 2.05) is 54.3 Å². The number of amides is 1. The molecule has 0 radical (unpaired) electrons. The number of rotatable bonds is 6. The number of ether oxygens (including phenoxy) is 1. The van der Waals surface area contributed by atoms with Crippen molar-refractivity contribution in [3.8, 4) is 5.75 Å². The summed E-state index contributed by atoms with van der Waals surface area (Å²) in [5, 5.41) is 8.63. The first-order valence-corrected chi connectivity index (χ1v) is 10.8. The minimum Gasteiger partial charge on any atom is -0.497 e. The minimum absolute atomic E-state index is 0.0529. The molecule has 1 aromatic heterocycles. The predicted octanol–water partition coefficient (Wildman–Crippen LogP) is 3.05. The van der Waals surface area contributed by atoms with E-state index in [-0.39, 0.29) is 17.2 Å². The molecular formula is C22H25N5O2S. The number of anilines is 1. The van der Waals surface area contributed by atoms with E-state index >= 15 is 0 Å². The number of thioether (sulfide) groups is 1. The van der Waals surface area contributed by atoms with Crippen molar-refractivity contribution in [2.75, 3.05) is 17.9 Å². The zero-order valence-corrected chi connectivity index (χ0v) is 18.1. The van der Waals surface area contributed by atoms with E-state index in [2.05, 4.69) is 23.2 Å². The zero-order chi connectivity index (χ0) is 21.3. The van der Waals surface area contributed by atoms with Crippen LogP contribution in [0.3, 0.4) is 0 Å². The molecule has 2 aromatic carbocycles. The van der Waals surface area contributed by atoms with Crippen molar-refractivity contribution in [1.29, 1.82) is 0 Å². The maximum atomic E-state index is 13.2. The Morgan fingerprint density at radius 3 is 2.70 bits per heavy atom. The van der Waals surface area contributed by atoms with Crippen molar-refractivity contribution >= 4 is 23.4 Å². The largest absolute Gasteiger partial charge is 0.497 e. The summed E-state index contributed by atoms with van der Waals surface area (Å²) < 4.78 is 6.66. The molecule has 0 spiro atoms. The summed E-state index contributed by atoms with van der Waals surface area (Å²) in [5.41, 5.74) is 3.26. The fourth-order valence-electron chi connectivity index (χ4n) is 3.74. The van der Waals surface area contributed by atoms with Gasteiger partial charge in [-0.3, -0.25) is 4.79 Å². The average Bonchev–Trinajstić information content (AvgIpc) is 3.27. The van der Waals surface area contributed by atoms with Gasteiger partial charge in [-0.25, -0.2) is 4.68 Å². The van der Waals surface area contributed by atoms with Crippen molar-refractivity contribution in [2.45, 2.75) is 43.1 Å². The van der Waals surface area contributed by atoms with Crippen molar-refractivity contribution in [1.82, 2.24) is 14.9 Å². The van der Waals surface area contributed by atoms with Crippen LogP contribution in [0.5, 0.6) is 5.75 Å². The Morgan fingerprint density at radius 2 is 1.97 bits per heavy atom. The van der Waals surface area contributed by atoms with Crippen LogP contribution in [0.4, 0.5) is 5.69 Å². The molecule has 0 fully saturated rings. The van der Waals surface area contributed by atoms with Crippen LogP contribution in [0.1, 0.15) is 30.8 Å². The summed E-state index contributed by atoms with van der Waals surface area (Å²) >= 11 is 1.33. The topological polar surface area (TPSA) is 86.3 Å². The van der Waals surface area contributed by atoms with E-state index in [9.17, 15) is 4.79 Å². The smallest absolute Gasteiger partial charge is 0.240 e. The number of hydrogen-bond acceptors (Lipinski definition) is 6. The molecule has 0 unspecified atom stereocenters. The van der Waals surface area contributed by atoms with Crippen LogP contribution >= 0.6 is 11.8 Å². The molecule has 1 aliphatic rings. The lowest BCUT2D eigenvalue weighted by atomic mass is 10.1. The third-order valence-corrected chi connectivity index (χ3v) is 6.38. The SMILES string of the molecule is COc1ccc(Cc2nnc(S[C@H](C)C(=O)N3c4ccccc4C[C@@H]3C)n2N)cc1. The van der Waals surface area contributed by atoms with Crippen LogP contribution < -0.4 is 15.5 Å². The zero-order valence-electron chi connectivity index (χ0n) is 17.3. The van der Waals surface area contributed by atoms with E-state index in [0.29, 0.717) is 17.4 Å². The van der Waals surface area contributed by atoms with Crippen LogP contribution in [-0.4, -0.2) is 39.2 Å². The van der Waals surface area contributed by atoms with Crippen LogP contribution in [-0.2, 0) is 17.6 Å². The van der Waals surface area contributed by atoms with E-state index < -0.39 is 0 Å². The Morgan fingerprint density at radius 1 is 1.23 bits per heavy atom. The maximum absolute atomic E-state index is 13.2. The molecule has 156 valence electrons. The molecule has 1 aliphatic heterocycles. The number of carbonyl (C=O) groups is 1. The molecule has 7 nitrogen and oxygen atoms in total. The first-order chi connectivity index (χ1) is 14.5. The van der Waals surface area contributed by atoms with Gasteiger partial charge in [-0.1, -0.05) is 42.1 Å². The lowest BCUT2D eigenvalue weighted by Gasteiger charge is -2.25. The van der Waals surface area contributed by atoms with E-state index in [4.69, 9.17) is 10.6 Å². The average molecular weight is 424 g/mol. The highest BCUT2D eigenvalue weighted by atomic mass is 32.2. The fraction of sp³-hybridized carbons (Fsp3) is 0.318. The molecule has 2 atom stereocenters. The second-order valence-corrected chi connectivity index (χ2v) is 8.75. The Kier molecular flexibility index (Phi) is 5.67. The highest BCUT2D eigenvalue weighted by Gasteiger charge is 2.34. The molecule has 0 aliphatic carbocycles. The Balaban J connectivity index is 1.46. The van der Waals surface area contributed by atoms with Crippen LogP contribution in [0.2, 0.25) is 0 Å². The molecule has 2 N–H and O–H groups in total.